The van der Waals surface area contributed by atoms with Crippen molar-refractivity contribution in [3.05, 3.63) is 0 Å². The Hall–Kier alpha value is -0.260. The Bertz CT molecular complexity index is 834. The van der Waals surface area contributed by atoms with E-state index in [1.54, 1.807) is 4.31 Å². The average molecular weight is 438 g/mol. The SMILES string of the molecule is CC1(C)[C@H]2CC[C@]1(CS(=O)(=O)N1CCCC1)C1(C2)OC[C@H](COS(C)(=O)=O)O1. The van der Waals surface area contributed by atoms with Gasteiger partial charge in [0.15, 0.2) is 5.79 Å². The summed E-state index contributed by atoms with van der Waals surface area (Å²) in [5.74, 6) is -0.656. The van der Waals surface area contributed by atoms with E-state index in [1.165, 1.54) is 0 Å². The Morgan fingerprint density at radius 1 is 1.14 bits per heavy atom. The van der Waals surface area contributed by atoms with Crippen molar-refractivity contribution in [1.29, 1.82) is 0 Å². The van der Waals surface area contributed by atoms with Gasteiger partial charge in [0, 0.05) is 24.9 Å². The molecule has 10 heteroatoms. The third-order valence-electron chi connectivity index (χ3n) is 7.63. The molecule has 4 atom stereocenters. The van der Waals surface area contributed by atoms with Gasteiger partial charge in [0.25, 0.3) is 10.1 Å². The van der Waals surface area contributed by atoms with Crippen molar-refractivity contribution in [3.63, 3.8) is 0 Å². The predicted molar refractivity (Wildman–Crippen MR) is 103 cm³/mol. The maximum absolute atomic E-state index is 13.2. The highest BCUT2D eigenvalue weighted by Crippen LogP contribution is 2.72. The molecule has 2 bridgehead atoms. The van der Waals surface area contributed by atoms with E-state index in [4.69, 9.17) is 13.7 Å². The van der Waals surface area contributed by atoms with E-state index in [0.717, 1.165) is 31.9 Å². The Kier molecular flexibility index (Phi) is 4.96. The zero-order chi connectivity index (χ0) is 20.4. The van der Waals surface area contributed by atoms with Crippen LogP contribution in [-0.4, -0.2) is 71.3 Å². The Morgan fingerprint density at radius 3 is 2.43 bits per heavy atom. The average Bonchev–Trinajstić information content (AvgIpc) is 3.31. The van der Waals surface area contributed by atoms with Crippen LogP contribution >= 0.6 is 0 Å². The van der Waals surface area contributed by atoms with Gasteiger partial charge in [-0.15, -0.1) is 0 Å². The molecule has 4 fully saturated rings. The highest BCUT2D eigenvalue weighted by atomic mass is 32.2. The summed E-state index contributed by atoms with van der Waals surface area (Å²) in [6, 6.07) is 0. The maximum Gasteiger partial charge on any atom is 0.264 e. The molecule has 0 aromatic heterocycles. The predicted octanol–water partition coefficient (Wildman–Crippen LogP) is 1.33. The van der Waals surface area contributed by atoms with Crippen LogP contribution in [0.25, 0.3) is 0 Å². The Morgan fingerprint density at radius 2 is 1.82 bits per heavy atom. The first-order valence-corrected chi connectivity index (χ1v) is 13.5. The van der Waals surface area contributed by atoms with E-state index in [1.807, 2.05) is 0 Å². The van der Waals surface area contributed by atoms with Gasteiger partial charge in [-0.25, -0.2) is 12.7 Å². The molecule has 2 heterocycles. The molecule has 0 aromatic rings. The number of rotatable bonds is 6. The van der Waals surface area contributed by atoms with Gasteiger partial charge in [0.05, 0.1) is 25.2 Å². The second kappa shape index (κ2) is 6.62. The van der Waals surface area contributed by atoms with Crippen LogP contribution in [0.4, 0.5) is 0 Å². The molecule has 0 amide bonds. The van der Waals surface area contributed by atoms with Crippen molar-refractivity contribution in [2.45, 2.75) is 57.8 Å². The van der Waals surface area contributed by atoms with Crippen LogP contribution in [0, 0.1) is 16.7 Å². The highest BCUT2D eigenvalue weighted by Gasteiger charge is 2.75. The van der Waals surface area contributed by atoms with E-state index in [-0.39, 0.29) is 24.4 Å². The van der Waals surface area contributed by atoms with E-state index in [9.17, 15) is 16.8 Å². The van der Waals surface area contributed by atoms with Gasteiger partial charge in [0.1, 0.15) is 6.10 Å². The molecule has 8 nitrogen and oxygen atoms in total. The molecule has 162 valence electrons. The lowest BCUT2D eigenvalue weighted by Crippen LogP contribution is -2.56. The molecule has 28 heavy (non-hydrogen) atoms. The quantitative estimate of drug-likeness (QED) is 0.578. The summed E-state index contributed by atoms with van der Waals surface area (Å²) < 4.78 is 68.1. The summed E-state index contributed by atoms with van der Waals surface area (Å²) in [4.78, 5) is 0. The lowest BCUT2D eigenvalue weighted by molar-refractivity contribution is -0.244. The normalized spacial score (nSPS) is 40.7. The van der Waals surface area contributed by atoms with Crippen molar-refractivity contribution < 1.29 is 30.5 Å². The summed E-state index contributed by atoms with van der Waals surface area (Å²) in [6.07, 6.45) is 4.63. The number of ether oxygens (including phenoxy) is 2. The smallest absolute Gasteiger partial charge is 0.264 e. The molecule has 2 aliphatic carbocycles. The standard InChI is InChI=1S/C18H31NO7S2/c1-16(2)14-6-7-17(16,13-28(22,23)19-8-4-5-9-19)18(10-14)24-11-15(26-18)12-25-27(3,20)21/h14-15H,4-13H2,1-3H3/t14-,15+,17+,18?/m0/s1. The Labute approximate surface area is 168 Å². The van der Waals surface area contributed by atoms with Crippen LogP contribution < -0.4 is 0 Å². The first-order chi connectivity index (χ1) is 12.9. The molecular weight excluding hydrogens is 406 g/mol. The zero-order valence-electron chi connectivity index (χ0n) is 16.8. The summed E-state index contributed by atoms with van der Waals surface area (Å²) in [5, 5.41) is 0. The fourth-order valence-corrected chi connectivity index (χ4v) is 8.75. The van der Waals surface area contributed by atoms with Crippen molar-refractivity contribution >= 4 is 20.1 Å². The summed E-state index contributed by atoms with van der Waals surface area (Å²) in [5.41, 5.74) is -0.891. The topological polar surface area (TPSA) is 99.2 Å². The van der Waals surface area contributed by atoms with E-state index in [2.05, 4.69) is 13.8 Å². The molecule has 1 unspecified atom stereocenters. The molecule has 0 aromatic carbocycles. The van der Waals surface area contributed by atoms with Crippen LogP contribution in [0.2, 0.25) is 0 Å². The largest absolute Gasteiger partial charge is 0.346 e. The number of hydrogen-bond donors (Lipinski definition) is 0. The minimum absolute atomic E-state index is 0.0170. The van der Waals surface area contributed by atoms with Gasteiger partial charge < -0.3 is 9.47 Å². The van der Waals surface area contributed by atoms with Gasteiger partial charge in [-0.3, -0.25) is 4.18 Å². The van der Waals surface area contributed by atoms with Gasteiger partial charge in [-0.1, -0.05) is 13.8 Å². The van der Waals surface area contributed by atoms with Crippen molar-refractivity contribution in [3.8, 4) is 0 Å². The molecule has 0 radical (unpaired) electrons. The van der Waals surface area contributed by atoms with Crippen molar-refractivity contribution in [1.82, 2.24) is 4.31 Å². The van der Waals surface area contributed by atoms with Gasteiger partial charge in [0.2, 0.25) is 10.0 Å². The summed E-state index contributed by atoms with van der Waals surface area (Å²) in [7, 11) is -7.00. The fourth-order valence-electron chi connectivity index (χ4n) is 5.99. The number of hydrogen-bond acceptors (Lipinski definition) is 7. The number of sulfonamides is 1. The molecular formula is C18H31NO7S2. The molecule has 4 rings (SSSR count). The van der Waals surface area contributed by atoms with Gasteiger partial charge in [-0.2, -0.15) is 8.42 Å². The maximum atomic E-state index is 13.2. The van der Waals surface area contributed by atoms with Crippen molar-refractivity contribution in [2.75, 3.05) is 38.3 Å². The van der Waals surface area contributed by atoms with Crippen LogP contribution in [0.5, 0.6) is 0 Å². The van der Waals surface area contributed by atoms with Crippen LogP contribution in [-0.2, 0) is 33.8 Å². The first-order valence-electron chi connectivity index (χ1n) is 10.0. The fraction of sp³-hybridized carbons (Fsp3) is 1.00. The third-order valence-corrected chi connectivity index (χ3v) is 10.2. The lowest BCUT2D eigenvalue weighted by atomic mass is 9.68. The molecule has 4 aliphatic rings. The van der Waals surface area contributed by atoms with Crippen LogP contribution in [0.15, 0.2) is 0 Å². The van der Waals surface area contributed by atoms with Crippen LogP contribution in [0.3, 0.4) is 0 Å². The minimum Gasteiger partial charge on any atom is -0.346 e. The first kappa shape index (κ1) is 21.0. The third kappa shape index (κ3) is 3.15. The second-order valence-corrected chi connectivity index (χ2v) is 13.0. The molecule has 2 saturated carbocycles. The van der Waals surface area contributed by atoms with E-state index >= 15 is 0 Å². The molecule has 2 saturated heterocycles. The Balaban J connectivity index is 1.61. The van der Waals surface area contributed by atoms with E-state index in [0.29, 0.717) is 25.4 Å². The summed E-state index contributed by atoms with van der Waals surface area (Å²) in [6.45, 7) is 5.53. The minimum atomic E-state index is -3.57. The van der Waals surface area contributed by atoms with Gasteiger partial charge in [-0.05, 0) is 37.0 Å². The van der Waals surface area contributed by atoms with Crippen molar-refractivity contribution in [2.24, 2.45) is 16.7 Å². The number of nitrogens with zero attached hydrogens (tertiary/aromatic N) is 1. The second-order valence-electron chi connectivity index (χ2n) is 9.40. The molecule has 1 spiro atoms. The molecule has 2 aliphatic heterocycles. The van der Waals surface area contributed by atoms with E-state index < -0.39 is 37.4 Å². The lowest BCUT2D eigenvalue weighted by Gasteiger charge is -2.47. The van der Waals surface area contributed by atoms with Gasteiger partial charge >= 0.3 is 0 Å². The number of fused-ring (bicyclic) bond motifs is 3. The monoisotopic (exact) mass is 437 g/mol. The zero-order valence-corrected chi connectivity index (χ0v) is 18.5. The molecule has 0 N–H and O–H groups in total. The summed E-state index contributed by atoms with van der Waals surface area (Å²) >= 11 is 0. The van der Waals surface area contributed by atoms with Crippen LogP contribution in [0.1, 0.15) is 46.0 Å². The highest BCUT2D eigenvalue weighted by molar-refractivity contribution is 7.89.